The highest BCUT2D eigenvalue weighted by Gasteiger charge is 2.13. The maximum atomic E-state index is 11.9. The number of pyridine rings is 1. The molecule has 0 spiro atoms. The Morgan fingerprint density at radius 1 is 1.53 bits per heavy atom. The van der Waals surface area contributed by atoms with E-state index in [1.165, 1.54) is 0 Å². The molecule has 0 aliphatic carbocycles. The van der Waals surface area contributed by atoms with E-state index >= 15 is 0 Å². The van der Waals surface area contributed by atoms with E-state index in [0.717, 1.165) is 10.2 Å². The van der Waals surface area contributed by atoms with Crippen molar-refractivity contribution in [3.05, 3.63) is 52.5 Å². The van der Waals surface area contributed by atoms with Crippen LogP contribution in [0, 0.1) is 0 Å². The summed E-state index contributed by atoms with van der Waals surface area (Å²) in [5.74, 6) is -0.145. The van der Waals surface area contributed by atoms with Crippen LogP contribution in [0.2, 0.25) is 0 Å². The molecule has 1 amide bonds. The van der Waals surface area contributed by atoms with Gasteiger partial charge in [-0.1, -0.05) is 6.07 Å². The van der Waals surface area contributed by atoms with Gasteiger partial charge in [-0.15, -0.1) is 0 Å². The summed E-state index contributed by atoms with van der Waals surface area (Å²) in [6.07, 6.45) is 3.43. The van der Waals surface area contributed by atoms with Gasteiger partial charge in [-0.25, -0.2) is 0 Å². The number of aromatic nitrogens is 2. The Balaban J connectivity index is 2.04. The molecule has 0 bridgehead atoms. The van der Waals surface area contributed by atoms with Crippen LogP contribution in [0.1, 0.15) is 29.1 Å². The zero-order valence-corrected chi connectivity index (χ0v) is 10.9. The van der Waals surface area contributed by atoms with E-state index < -0.39 is 0 Å². The van der Waals surface area contributed by atoms with Crippen molar-refractivity contribution < 1.29 is 4.79 Å². The molecule has 5 heteroatoms. The van der Waals surface area contributed by atoms with Crippen LogP contribution in [0.25, 0.3) is 0 Å². The highest BCUT2D eigenvalue weighted by molar-refractivity contribution is 9.10. The smallest absolute Gasteiger partial charge is 0.268 e. The van der Waals surface area contributed by atoms with Gasteiger partial charge >= 0.3 is 0 Å². The van der Waals surface area contributed by atoms with Gasteiger partial charge < -0.3 is 10.3 Å². The molecule has 0 radical (unpaired) electrons. The third-order valence-electron chi connectivity index (χ3n) is 2.37. The fourth-order valence-electron chi connectivity index (χ4n) is 1.48. The molecule has 0 saturated heterocycles. The molecule has 17 heavy (non-hydrogen) atoms. The molecule has 2 aromatic heterocycles. The predicted octanol–water partition coefficient (Wildman–Crippen LogP) is 2.66. The van der Waals surface area contributed by atoms with Gasteiger partial charge in [0.1, 0.15) is 5.69 Å². The predicted molar refractivity (Wildman–Crippen MR) is 68.6 cm³/mol. The Labute approximate surface area is 108 Å². The molecule has 1 atom stereocenters. The van der Waals surface area contributed by atoms with Crippen LogP contribution < -0.4 is 5.32 Å². The lowest BCUT2D eigenvalue weighted by Crippen LogP contribution is -2.27. The van der Waals surface area contributed by atoms with Crippen LogP contribution in [-0.2, 0) is 0 Å². The van der Waals surface area contributed by atoms with E-state index in [4.69, 9.17) is 0 Å². The van der Waals surface area contributed by atoms with Gasteiger partial charge in [0.05, 0.1) is 11.7 Å². The summed E-state index contributed by atoms with van der Waals surface area (Å²) in [5.41, 5.74) is 1.37. The van der Waals surface area contributed by atoms with Crippen molar-refractivity contribution in [3.63, 3.8) is 0 Å². The van der Waals surface area contributed by atoms with Crippen molar-refractivity contribution in [2.45, 2.75) is 13.0 Å². The van der Waals surface area contributed by atoms with Gasteiger partial charge in [0.25, 0.3) is 5.91 Å². The van der Waals surface area contributed by atoms with Crippen LogP contribution in [-0.4, -0.2) is 15.9 Å². The summed E-state index contributed by atoms with van der Waals surface area (Å²) >= 11 is 3.29. The van der Waals surface area contributed by atoms with Crippen LogP contribution >= 0.6 is 15.9 Å². The van der Waals surface area contributed by atoms with Gasteiger partial charge in [-0.3, -0.25) is 9.78 Å². The second kappa shape index (κ2) is 5.14. The molecule has 0 saturated carbocycles. The third kappa shape index (κ3) is 2.94. The van der Waals surface area contributed by atoms with E-state index in [1.807, 2.05) is 25.1 Å². The Morgan fingerprint density at radius 3 is 2.94 bits per heavy atom. The zero-order chi connectivity index (χ0) is 12.3. The Kier molecular flexibility index (Phi) is 3.58. The normalized spacial score (nSPS) is 12.1. The van der Waals surface area contributed by atoms with Crippen molar-refractivity contribution in [1.82, 2.24) is 15.3 Å². The summed E-state index contributed by atoms with van der Waals surface area (Å²) in [7, 11) is 0. The minimum absolute atomic E-state index is 0.120. The van der Waals surface area contributed by atoms with Gasteiger partial charge in [-0.05, 0) is 41.1 Å². The van der Waals surface area contributed by atoms with Crippen molar-refractivity contribution in [3.8, 4) is 0 Å². The van der Waals surface area contributed by atoms with E-state index in [9.17, 15) is 4.79 Å². The fraction of sp³-hybridized carbons (Fsp3) is 0.167. The molecule has 1 unspecified atom stereocenters. The first kappa shape index (κ1) is 11.9. The Bertz CT molecular complexity index is 509. The summed E-state index contributed by atoms with van der Waals surface area (Å²) in [6, 6.07) is 7.25. The first-order chi connectivity index (χ1) is 8.16. The van der Waals surface area contributed by atoms with E-state index in [1.54, 1.807) is 18.5 Å². The molecule has 88 valence electrons. The average molecular weight is 294 g/mol. The van der Waals surface area contributed by atoms with E-state index in [-0.39, 0.29) is 11.9 Å². The van der Waals surface area contributed by atoms with Crippen molar-refractivity contribution in [2.24, 2.45) is 0 Å². The molecule has 2 N–H and O–H groups in total. The summed E-state index contributed by atoms with van der Waals surface area (Å²) in [5, 5.41) is 2.87. The number of nitrogens with zero attached hydrogens (tertiary/aromatic N) is 1. The van der Waals surface area contributed by atoms with Crippen LogP contribution in [0.4, 0.5) is 0 Å². The van der Waals surface area contributed by atoms with Crippen molar-refractivity contribution in [1.29, 1.82) is 0 Å². The van der Waals surface area contributed by atoms with Crippen LogP contribution in [0.5, 0.6) is 0 Å². The van der Waals surface area contributed by atoms with Crippen LogP contribution in [0.3, 0.4) is 0 Å². The number of rotatable bonds is 3. The van der Waals surface area contributed by atoms with Gasteiger partial charge in [-0.2, -0.15) is 0 Å². The molecule has 2 aromatic rings. The Morgan fingerprint density at radius 2 is 2.35 bits per heavy atom. The van der Waals surface area contributed by atoms with Crippen molar-refractivity contribution in [2.75, 3.05) is 0 Å². The number of carbonyl (C=O) groups is 1. The van der Waals surface area contributed by atoms with Crippen molar-refractivity contribution >= 4 is 21.8 Å². The van der Waals surface area contributed by atoms with Gasteiger partial charge in [0, 0.05) is 16.9 Å². The zero-order valence-electron chi connectivity index (χ0n) is 9.27. The summed E-state index contributed by atoms with van der Waals surface area (Å²) < 4.78 is 0.855. The SMILES string of the molecule is CC(NC(=O)c1cc(Br)c[nH]1)c1ccccn1. The number of carbonyl (C=O) groups excluding carboxylic acids is 1. The lowest BCUT2D eigenvalue weighted by atomic mass is 10.2. The number of nitrogens with one attached hydrogen (secondary N) is 2. The second-order valence-electron chi connectivity index (χ2n) is 3.68. The van der Waals surface area contributed by atoms with Crippen LogP contribution in [0.15, 0.2) is 41.1 Å². The van der Waals surface area contributed by atoms with Gasteiger partial charge in [0.15, 0.2) is 0 Å². The highest BCUT2D eigenvalue weighted by atomic mass is 79.9. The number of amides is 1. The number of hydrogen-bond donors (Lipinski definition) is 2. The molecule has 0 aliphatic rings. The average Bonchev–Trinajstić information content (AvgIpc) is 2.77. The lowest BCUT2D eigenvalue weighted by molar-refractivity contribution is 0.0934. The summed E-state index contributed by atoms with van der Waals surface area (Å²) in [6.45, 7) is 1.90. The first-order valence-corrected chi connectivity index (χ1v) is 6.02. The largest absolute Gasteiger partial charge is 0.356 e. The molecule has 2 heterocycles. The van der Waals surface area contributed by atoms with E-state index in [2.05, 4.69) is 31.2 Å². The molecule has 0 aromatic carbocycles. The molecule has 0 aliphatic heterocycles. The molecular weight excluding hydrogens is 282 g/mol. The van der Waals surface area contributed by atoms with E-state index in [0.29, 0.717) is 5.69 Å². The number of H-pyrrole nitrogens is 1. The standard InChI is InChI=1S/C12H12BrN3O/c1-8(10-4-2-3-5-14-10)16-12(17)11-6-9(13)7-15-11/h2-8,15H,1H3,(H,16,17). The number of aromatic amines is 1. The minimum atomic E-state index is -0.145. The molecule has 4 nitrogen and oxygen atoms in total. The Hall–Kier alpha value is -1.62. The third-order valence-corrected chi connectivity index (χ3v) is 2.83. The first-order valence-electron chi connectivity index (χ1n) is 5.22. The second-order valence-corrected chi connectivity index (χ2v) is 4.60. The maximum absolute atomic E-state index is 11.9. The maximum Gasteiger partial charge on any atom is 0.268 e. The monoisotopic (exact) mass is 293 g/mol. The fourth-order valence-corrected chi connectivity index (χ4v) is 1.82. The molecule has 2 rings (SSSR count). The molecular formula is C12H12BrN3O. The topological polar surface area (TPSA) is 57.8 Å². The minimum Gasteiger partial charge on any atom is -0.356 e. The molecule has 0 fully saturated rings. The van der Waals surface area contributed by atoms with Gasteiger partial charge in [0.2, 0.25) is 0 Å². The summed E-state index contributed by atoms with van der Waals surface area (Å²) in [4.78, 5) is 18.9. The number of hydrogen-bond acceptors (Lipinski definition) is 2. The quantitative estimate of drug-likeness (QED) is 0.914. The highest BCUT2D eigenvalue weighted by Crippen LogP contribution is 2.13. The number of halogens is 1. The lowest BCUT2D eigenvalue weighted by Gasteiger charge is -2.12.